The van der Waals surface area contributed by atoms with Crippen LogP contribution in [0.4, 0.5) is 5.69 Å². The number of anilines is 1. The molecule has 104 valence electrons. The Bertz CT molecular complexity index is 690. The predicted octanol–water partition coefficient (Wildman–Crippen LogP) is 3.92. The maximum absolute atomic E-state index is 10.7. The maximum atomic E-state index is 10.7. The average Bonchev–Trinajstić information content (AvgIpc) is 2.37. The second-order valence-corrected chi connectivity index (χ2v) is 5.22. The van der Waals surface area contributed by atoms with E-state index in [9.17, 15) is 4.79 Å². The number of aliphatic carboxylic acids is 1. The van der Waals surface area contributed by atoms with E-state index in [0.29, 0.717) is 32.7 Å². The van der Waals surface area contributed by atoms with Crippen LogP contribution in [-0.4, -0.2) is 16.1 Å². The van der Waals surface area contributed by atoms with E-state index in [1.165, 1.54) is 0 Å². The van der Waals surface area contributed by atoms with E-state index in [2.05, 4.69) is 4.98 Å². The van der Waals surface area contributed by atoms with E-state index in [0.717, 1.165) is 0 Å². The van der Waals surface area contributed by atoms with Gasteiger partial charge in [-0.1, -0.05) is 34.8 Å². The lowest BCUT2D eigenvalue weighted by molar-refractivity contribution is -0.136. The van der Waals surface area contributed by atoms with Crippen LogP contribution in [0.3, 0.4) is 0 Å². The highest BCUT2D eigenvalue weighted by Crippen LogP contribution is 2.40. The average molecular weight is 332 g/mol. The summed E-state index contributed by atoms with van der Waals surface area (Å²) >= 11 is 18.2. The minimum atomic E-state index is -0.989. The number of pyridine rings is 1. The van der Waals surface area contributed by atoms with Gasteiger partial charge in [-0.15, -0.1) is 0 Å². The van der Waals surface area contributed by atoms with Crippen molar-refractivity contribution >= 4 is 46.5 Å². The molecular weight excluding hydrogens is 323 g/mol. The fraction of sp³-hybridized carbons (Fsp3) is 0.0769. The Morgan fingerprint density at radius 3 is 2.45 bits per heavy atom. The van der Waals surface area contributed by atoms with Crippen LogP contribution in [0.1, 0.15) is 5.69 Å². The van der Waals surface area contributed by atoms with E-state index in [1.54, 1.807) is 24.3 Å². The van der Waals surface area contributed by atoms with Crippen molar-refractivity contribution in [3.05, 3.63) is 45.0 Å². The maximum Gasteiger partial charge on any atom is 0.309 e. The number of halogens is 3. The molecule has 20 heavy (non-hydrogen) atoms. The van der Waals surface area contributed by atoms with Crippen LogP contribution in [0.2, 0.25) is 15.1 Å². The molecule has 1 aromatic carbocycles. The second kappa shape index (κ2) is 5.87. The lowest BCUT2D eigenvalue weighted by Crippen LogP contribution is -2.04. The van der Waals surface area contributed by atoms with Gasteiger partial charge in [0.2, 0.25) is 0 Å². The van der Waals surface area contributed by atoms with Crippen molar-refractivity contribution in [2.45, 2.75) is 6.42 Å². The van der Waals surface area contributed by atoms with E-state index >= 15 is 0 Å². The van der Waals surface area contributed by atoms with Gasteiger partial charge in [0.1, 0.15) is 0 Å². The summed E-state index contributed by atoms with van der Waals surface area (Å²) in [4.78, 5) is 15.0. The summed E-state index contributed by atoms with van der Waals surface area (Å²) in [7, 11) is 0. The molecular formula is C13H9Cl3N2O2. The van der Waals surface area contributed by atoms with Gasteiger partial charge < -0.3 is 10.8 Å². The van der Waals surface area contributed by atoms with Gasteiger partial charge in [0.25, 0.3) is 0 Å². The number of carboxylic acid groups (broad SMARTS) is 1. The van der Waals surface area contributed by atoms with Crippen LogP contribution in [0.15, 0.2) is 24.3 Å². The molecule has 0 spiro atoms. The SMILES string of the molecule is Nc1ccc(CC(=O)O)nc1-c1c(Cl)ccc(Cl)c1Cl. The quantitative estimate of drug-likeness (QED) is 0.836. The Hall–Kier alpha value is -1.49. The summed E-state index contributed by atoms with van der Waals surface area (Å²) in [6.45, 7) is 0. The van der Waals surface area contributed by atoms with Crippen molar-refractivity contribution in [2.75, 3.05) is 5.73 Å². The van der Waals surface area contributed by atoms with Gasteiger partial charge in [0.15, 0.2) is 0 Å². The number of rotatable bonds is 3. The molecule has 0 atom stereocenters. The summed E-state index contributed by atoms with van der Waals surface area (Å²) in [5, 5.41) is 9.69. The molecule has 2 rings (SSSR count). The molecule has 2 aromatic rings. The molecule has 1 heterocycles. The molecule has 7 heteroatoms. The first-order valence-corrected chi connectivity index (χ1v) is 6.64. The van der Waals surface area contributed by atoms with E-state index < -0.39 is 5.97 Å². The molecule has 0 saturated heterocycles. The van der Waals surface area contributed by atoms with Crippen LogP contribution >= 0.6 is 34.8 Å². The molecule has 0 fully saturated rings. The molecule has 0 aliphatic heterocycles. The highest BCUT2D eigenvalue weighted by atomic mass is 35.5. The molecule has 3 N–H and O–H groups in total. The minimum absolute atomic E-state index is 0.219. The Morgan fingerprint density at radius 1 is 1.15 bits per heavy atom. The van der Waals surface area contributed by atoms with Gasteiger partial charge in [-0.25, -0.2) is 4.98 Å². The Labute approximate surface area is 130 Å². The van der Waals surface area contributed by atoms with E-state index in [4.69, 9.17) is 45.6 Å². The number of nitrogen functional groups attached to an aromatic ring is 1. The topological polar surface area (TPSA) is 76.2 Å². The number of carboxylic acids is 1. The molecule has 0 radical (unpaired) electrons. The zero-order valence-electron chi connectivity index (χ0n) is 10.0. The molecule has 0 aliphatic rings. The van der Waals surface area contributed by atoms with E-state index in [1.807, 2.05) is 0 Å². The molecule has 0 amide bonds. The van der Waals surface area contributed by atoms with Crippen LogP contribution < -0.4 is 5.73 Å². The van der Waals surface area contributed by atoms with Crippen molar-refractivity contribution in [3.63, 3.8) is 0 Å². The largest absolute Gasteiger partial charge is 0.481 e. The number of nitrogens with two attached hydrogens (primary N) is 1. The third-order valence-corrected chi connectivity index (χ3v) is 3.72. The van der Waals surface area contributed by atoms with Gasteiger partial charge in [-0.2, -0.15) is 0 Å². The van der Waals surface area contributed by atoms with Gasteiger partial charge in [0.05, 0.1) is 38.6 Å². The predicted molar refractivity (Wildman–Crippen MR) is 80.5 cm³/mol. The molecule has 4 nitrogen and oxygen atoms in total. The smallest absolute Gasteiger partial charge is 0.309 e. The van der Waals surface area contributed by atoms with E-state index in [-0.39, 0.29) is 11.4 Å². The normalized spacial score (nSPS) is 10.6. The molecule has 0 saturated carbocycles. The monoisotopic (exact) mass is 330 g/mol. The number of carbonyl (C=O) groups is 1. The first-order valence-electron chi connectivity index (χ1n) is 5.51. The standard InChI is InChI=1S/C13H9Cl3N2O2/c14-7-2-3-8(15)12(16)11(7)13-9(17)4-1-6(18-13)5-10(19)20/h1-4H,5,17H2,(H,19,20). The number of aromatic nitrogens is 1. The molecule has 0 aliphatic carbocycles. The summed E-state index contributed by atoms with van der Waals surface area (Å²) in [5.41, 5.74) is 7.28. The van der Waals surface area contributed by atoms with Crippen LogP contribution in [0, 0.1) is 0 Å². The zero-order chi connectivity index (χ0) is 14.9. The fourth-order valence-electron chi connectivity index (χ4n) is 1.71. The summed E-state index contributed by atoms with van der Waals surface area (Å²) in [6.07, 6.45) is -0.219. The Balaban J connectivity index is 2.63. The number of hydrogen-bond donors (Lipinski definition) is 2. The minimum Gasteiger partial charge on any atom is -0.481 e. The molecule has 0 unspecified atom stereocenters. The van der Waals surface area contributed by atoms with Crippen molar-refractivity contribution in [2.24, 2.45) is 0 Å². The van der Waals surface area contributed by atoms with Crippen molar-refractivity contribution in [3.8, 4) is 11.3 Å². The molecule has 1 aromatic heterocycles. The van der Waals surface area contributed by atoms with Crippen LogP contribution in [-0.2, 0) is 11.2 Å². The van der Waals surface area contributed by atoms with Gasteiger partial charge in [-0.3, -0.25) is 4.79 Å². The zero-order valence-corrected chi connectivity index (χ0v) is 12.3. The Morgan fingerprint density at radius 2 is 1.80 bits per heavy atom. The summed E-state index contributed by atoms with van der Waals surface area (Å²) in [6, 6.07) is 6.25. The first-order chi connectivity index (χ1) is 9.40. The van der Waals surface area contributed by atoms with Gasteiger partial charge >= 0.3 is 5.97 Å². The summed E-state index contributed by atoms with van der Waals surface area (Å²) in [5.74, 6) is -0.989. The highest BCUT2D eigenvalue weighted by molar-refractivity contribution is 6.46. The molecule has 0 bridgehead atoms. The number of hydrogen-bond acceptors (Lipinski definition) is 3. The third-order valence-electron chi connectivity index (χ3n) is 2.60. The lowest BCUT2D eigenvalue weighted by Gasteiger charge is -2.11. The van der Waals surface area contributed by atoms with Crippen LogP contribution in [0.25, 0.3) is 11.3 Å². The lowest BCUT2D eigenvalue weighted by atomic mass is 10.1. The first kappa shape index (κ1) is 14.9. The number of benzene rings is 1. The third kappa shape index (κ3) is 2.98. The van der Waals surface area contributed by atoms with Gasteiger partial charge in [-0.05, 0) is 24.3 Å². The van der Waals surface area contributed by atoms with Crippen molar-refractivity contribution in [1.29, 1.82) is 0 Å². The van der Waals surface area contributed by atoms with Crippen molar-refractivity contribution < 1.29 is 9.90 Å². The second-order valence-electron chi connectivity index (χ2n) is 4.03. The fourth-order valence-corrected chi connectivity index (χ4v) is 2.42. The van der Waals surface area contributed by atoms with Crippen molar-refractivity contribution in [1.82, 2.24) is 4.98 Å². The summed E-state index contributed by atoms with van der Waals surface area (Å²) < 4.78 is 0. The Kier molecular flexibility index (Phi) is 4.38. The van der Waals surface area contributed by atoms with Gasteiger partial charge in [0, 0.05) is 5.56 Å². The van der Waals surface area contributed by atoms with Crippen LogP contribution in [0.5, 0.6) is 0 Å². The number of nitrogens with zero attached hydrogens (tertiary/aromatic N) is 1. The highest BCUT2D eigenvalue weighted by Gasteiger charge is 2.16.